The highest BCUT2D eigenvalue weighted by Gasteiger charge is 2.11. The maximum Gasteiger partial charge on any atom is 0.187 e. The van der Waals surface area contributed by atoms with Gasteiger partial charge in [-0.2, -0.15) is 5.10 Å². The van der Waals surface area contributed by atoms with Gasteiger partial charge in [0.2, 0.25) is 0 Å². The lowest BCUT2D eigenvalue weighted by atomic mass is 10.0. The van der Waals surface area contributed by atoms with E-state index in [9.17, 15) is 0 Å². The molecule has 0 unspecified atom stereocenters. The van der Waals surface area contributed by atoms with Gasteiger partial charge in [0.15, 0.2) is 5.11 Å². The Bertz CT molecular complexity index is 929. The highest BCUT2D eigenvalue weighted by molar-refractivity contribution is 7.80. The number of hydrogen-bond donors (Lipinski definition) is 2. The van der Waals surface area contributed by atoms with Crippen LogP contribution in [0.5, 0.6) is 11.5 Å². The fraction of sp³-hybridized carbons (Fsp3) is 0.304. The van der Waals surface area contributed by atoms with Crippen molar-refractivity contribution in [1.29, 1.82) is 0 Å². The van der Waals surface area contributed by atoms with E-state index in [0.717, 1.165) is 38.8 Å². The van der Waals surface area contributed by atoms with Gasteiger partial charge in [0, 0.05) is 17.1 Å². The fourth-order valence-corrected chi connectivity index (χ4v) is 3.25. The summed E-state index contributed by atoms with van der Waals surface area (Å²) in [7, 11) is 1.64. The molecule has 7 heteroatoms. The number of hydrogen-bond acceptors (Lipinski definition) is 4. The predicted octanol–water partition coefficient (Wildman–Crippen LogP) is 5.34. The Morgan fingerprint density at radius 3 is 2.73 bits per heavy atom. The number of ether oxygens (including phenoxy) is 2. The monoisotopic (exact) mass is 445 g/mol. The molecule has 0 aliphatic rings. The molecule has 0 aromatic heterocycles. The molecule has 2 N–H and O–H groups in total. The van der Waals surface area contributed by atoms with E-state index in [1.807, 2.05) is 37.3 Å². The van der Waals surface area contributed by atoms with Crippen molar-refractivity contribution in [3.8, 4) is 11.5 Å². The Morgan fingerprint density at radius 1 is 1.30 bits per heavy atom. The molecule has 0 aliphatic carbocycles. The number of halogens is 1. The SMILES string of the molecule is C=CCNC(=S)N/N=C/c1ccc(OC)c(COc2cc(C)c(Cl)c(C(C)C)c2)c1. The van der Waals surface area contributed by atoms with Gasteiger partial charge in [-0.05, 0) is 72.1 Å². The number of benzene rings is 2. The van der Waals surface area contributed by atoms with Crippen LogP contribution in [0.2, 0.25) is 5.02 Å². The zero-order chi connectivity index (χ0) is 22.1. The summed E-state index contributed by atoms with van der Waals surface area (Å²) < 4.78 is 11.5. The van der Waals surface area contributed by atoms with E-state index in [1.165, 1.54) is 0 Å². The number of methoxy groups -OCH3 is 1. The molecule has 0 aliphatic heterocycles. The lowest BCUT2D eigenvalue weighted by Gasteiger charge is -2.15. The normalized spacial score (nSPS) is 10.9. The molecule has 0 fully saturated rings. The van der Waals surface area contributed by atoms with E-state index in [0.29, 0.717) is 24.2 Å². The topological polar surface area (TPSA) is 54.9 Å². The van der Waals surface area contributed by atoms with Gasteiger partial charge in [-0.3, -0.25) is 5.43 Å². The summed E-state index contributed by atoms with van der Waals surface area (Å²) in [5.41, 5.74) is 6.64. The zero-order valence-electron chi connectivity index (χ0n) is 17.8. The molecule has 5 nitrogen and oxygen atoms in total. The van der Waals surface area contributed by atoms with E-state index in [2.05, 4.69) is 36.3 Å². The molecule has 0 bridgehead atoms. The molecule has 0 heterocycles. The summed E-state index contributed by atoms with van der Waals surface area (Å²) in [4.78, 5) is 0. The van der Waals surface area contributed by atoms with Crippen LogP contribution in [0.4, 0.5) is 0 Å². The van der Waals surface area contributed by atoms with Crippen LogP contribution in [0, 0.1) is 6.92 Å². The molecular formula is C23H28ClN3O2S. The quantitative estimate of drug-likeness (QED) is 0.236. The average Bonchev–Trinajstić information content (AvgIpc) is 2.72. The van der Waals surface area contributed by atoms with Crippen LogP contribution in [0.15, 0.2) is 48.1 Å². The second kappa shape index (κ2) is 11.6. The van der Waals surface area contributed by atoms with Crippen LogP contribution >= 0.6 is 23.8 Å². The third-order valence-corrected chi connectivity index (χ3v) is 5.12. The number of nitrogens with one attached hydrogen (secondary N) is 2. The second-order valence-corrected chi connectivity index (χ2v) is 7.81. The molecule has 2 rings (SSSR count). The Hall–Kier alpha value is -2.57. The Labute approximate surface area is 189 Å². The molecule has 0 saturated carbocycles. The molecule has 160 valence electrons. The summed E-state index contributed by atoms with van der Waals surface area (Å²) in [6.07, 6.45) is 3.41. The van der Waals surface area contributed by atoms with Crippen molar-refractivity contribution in [2.45, 2.75) is 33.3 Å². The first-order valence-corrected chi connectivity index (χ1v) is 10.4. The second-order valence-electron chi connectivity index (χ2n) is 7.03. The van der Waals surface area contributed by atoms with Crippen LogP contribution < -0.4 is 20.2 Å². The summed E-state index contributed by atoms with van der Waals surface area (Å²) >= 11 is 11.5. The van der Waals surface area contributed by atoms with Crippen molar-refractivity contribution >= 4 is 35.1 Å². The minimum Gasteiger partial charge on any atom is -0.496 e. The van der Waals surface area contributed by atoms with Gasteiger partial charge in [0.25, 0.3) is 0 Å². The van der Waals surface area contributed by atoms with Crippen LogP contribution in [0.3, 0.4) is 0 Å². The molecule has 0 saturated heterocycles. The summed E-state index contributed by atoms with van der Waals surface area (Å²) in [6.45, 7) is 10.8. The molecule has 0 spiro atoms. The van der Waals surface area contributed by atoms with Crippen molar-refractivity contribution in [2.24, 2.45) is 5.10 Å². The minimum absolute atomic E-state index is 0.313. The average molecular weight is 446 g/mol. The van der Waals surface area contributed by atoms with Crippen LogP contribution in [0.1, 0.15) is 42.0 Å². The van der Waals surface area contributed by atoms with E-state index < -0.39 is 0 Å². The summed E-state index contributed by atoms with van der Waals surface area (Å²) in [5, 5.41) is 8.32. The summed E-state index contributed by atoms with van der Waals surface area (Å²) in [6, 6.07) is 9.72. The van der Waals surface area contributed by atoms with E-state index >= 15 is 0 Å². The Morgan fingerprint density at radius 2 is 2.07 bits per heavy atom. The maximum absolute atomic E-state index is 6.43. The molecule has 0 atom stereocenters. The van der Waals surface area contributed by atoms with Crippen molar-refractivity contribution in [3.05, 3.63) is 70.3 Å². The Balaban J connectivity index is 2.13. The number of rotatable bonds is 9. The van der Waals surface area contributed by atoms with Gasteiger partial charge in [-0.15, -0.1) is 6.58 Å². The van der Waals surface area contributed by atoms with Gasteiger partial charge < -0.3 is 14.8 Å². The van der Waals surface area contributed by atoms with Crippen molar-refractivity contribution in [1.82, 2.24) is 10.7 Å². The van der Waals surface area contributed by atoms with Gasteiger partial charge >= 0.3 is 0 Å². The molecule has 2 aromatic rings. The minimum atomic E-state index is 0.313. The standard InChI is InChI=1S/C23H28ClN3O2S/c1-6-9-25-23(30)27-26-13-17-7-8-21(28-5)18(11-17)14-29-19-10-16(4)22(24)20(12-19)15(2)3/h6-8,10-13,15H,1,9,14H2,2-5H3,(H2,25,27,30)/b26-13+. The van der Waals surface area contributed by atoms with Crippen LogP contribution in [-0.4, -0.2) is 25.0 Å². The van der Waals surface area contributed by atoms with Crippen molar-refractivity contribution in [3.63, 3.8) is 0 Å². The van der Waals surface area contributed by atoms with Gasteiger partial charge in [-0.1, -0.05) is 31.5 Å². The van der Waals surface area contributed by atoms with Gasteiger partial charge in [0.05, 0.1) is 13.3 Å². The van der Waals surface area contributed by atoms with E-state index in [1.54, 1.807) is 19.4 Å². The molecule has 2 aromatic carbocycles. The number of thiocarbonyl (C=S) groups is 1. The van der Waals surface area contributed by atoms with E-state index in [4.69, 9.17) is 33.3 Å². The molecule has 30 heavy (non-hydrogen) atoms. The third kappa shape index (κ3) is 6.75. The van der Waals surface area contributed by atoms with Gasteiger partial charge in [-0.25, -0.2) is 0 Å². The van der Waals surface area contributed by atoms with E-state index in [-0.39, 0.29) is 0 Å². The van der Waals surface area contributed by atoms with Crippen LogP contribution in [-0.2, 0) is 6.61 Å². The first-order chi connectivity index (χ1) is 14.3. The highest BCUT2D eigenvalue weighted by atomic mass is 35.5. The number of hydrazone groups is 1. The Kier molecular flexibility index (Phi) is 9.15. The first-order valence-electron chi connectivity index (χ1n) is 9.63. The molecule has 0 radical (unpaired) electrons. The lowest BCUT2D eigenvalue weighted by Crippen LogP contribution is -2.31. The maximum atomic E-state index is 6.43. The molecule has 0 amide bonds. The largest absolute Gasteiger partial charge is 0.496 e. The first kappa shape index (κ1) is 23.7. The highest BCUT2D eigenvalue weighted by Crippen LogP contribution is 2.32. The fourth-order valence-electron chi connectivity index (χ4n) is 2.79. The van der Waals surface area contributed by atoms with Crippen LogP contribution in [0.25, 0.3) is 0 Å². The number of nitrogens with zero attached hydrogens (tertiary/aromatic N) is 1. The van der Waals surface area contributed by atoms with Crippen molar-refractivity contribution < 1.29 is 9.47 Å². The smallest absolute Gasteiger partial charge is 0.187 e. The lowest BCUT2D eigenvalue weighted by molar-refractivity contribution is 0.296. The zero-order valence-corrected chi connectivity index (χ0v) is 19.4. The molecular weight excluding hydrogens is 418 g/mol. The summed E-state index contributed by atoms with van der Waals surface area (Å²) in [5.74, 6) is 1.84. The van der Waals surface area contributed by atoms with Crippen molar-refractivity contribution in [2.75, 3.05) is 13.7 Å². The predicted molar refractivity (Wildman–Crippen MR) is 129 cm³/mol. The third-order valence-electron chi connectivity index (χ3n) is 4.36. The van der Waals surface area contributed by atoms with Gasteiger partial charge in [0.1, 0.15) is 18.1 Å². The number of aryl methyl sites for hydroxylation is 1.